The summed E-state index contributed by atoms with van der Waals surface area (Å²) in [4.78, 5) is 27.2. The summed E-state index contributed by atoms with van der Waals surface area (Å²) < 4.78 is 5.29. The van der Waals surface area contributed by atoms with Crippen molar-refractivity contribution in [1.29, 1.82) is 0 Å². The lowest BCUT2D eigenvalue weighted by Gasteiger charge is -2.32. The van der Waals surface area contributed by atoms with E-state index in [-0.39, 0.29) is 17.7 Å². The second-order valence-electron chi connectivity index (χ2n) is 7.53. The van der Waals surface area contributed by atoms with Crippen molar-refractivity contribution in [3.05, 3.63) is 70.7 Å². The average molecular weight is 424 g/mol. The number of hydrogen-bond acceptors (Lipinski definition) is 4. The maximum Gasteiger partial charge on any atom is 0.253 e. The first kappa shape index (κ1) is 20.2. The van der Waals surface area contributed by atoms with Crippen LogP contribution >= 0.6 is 11.6 Å². The zero-order chi connectivity index (χ0) is 21.1. The van der Waals surface area contributed by atoms with Crippen molar-refractivity contribution in [2.45, 2.75) is 19.8 Å². The van der Waals surface area contributed by atoms with E-state index in [1.54, 1.807) is 35.2 Å². The summed E-state index contributed by atoms with van der Waals surface area (Å²) in [5.41, 5.74) is 3.31. The molecule has 4 rings (SSSR count). The number of carbonyl (C=O) groups is 2. The fraction of sp³-hybridized carbons (Fsp3) is 0.261. The largest absolute Gasteiger partial charge is 0.338 e. The number of aryl methyl sites for hydroxylation is 1. The van der Waals surface area contributed by atoms with Crippen molar-refractivity contribution in [3.63, 3.8) is 0 Å². The minimum atomic E-state index is -0.303. The van der Waals surface area contributed by atoms with Crippen LogP contribution in [-0.4, -0.2) is 35.0 Å². The third-order valence-electron chi connectivity index (χ3n) is 5.27. The van der Waals surface area contributed by atoms with Gasteiger partial charge in [0, 0.05) is 35.3 Å². The van der Waals surface area contributed by atoms with Gasteiger partial charge in [-0.05, 0) is 44.0 Å². The molecule has 0 saturated carbocycles. The van der Waals surface area contributed by atoms with Gasteiger partial charge in [-0.15, -0.1) is 0 Å². The Morgan fingerprint density at radius 1 is 1.13 bits per heavy atom. The topological polar surface area (TPSA) is 75.4 Å². The van der Waals surface area contributed by atoms with Crippen LogP contribution in [-0.2, 0) is 4.79 Å². The van der Waals surface area contributed by atoms with Crippen molar-refractivity contribution in [2.24, 2.45) is 5.92 Å². The zero-order valence-corrected chi connectivity index (χ0v) is 17.4. The van der Waals surface area contributed by atoms with Crippen molar-refractivity contribution < 1.29 is 14.1 Å². The van der Waals surface area contributed by atoms with Gasteiger partial charge in [0.25, 0.3) is 5.91 Å². The number of nitrogens with one attached hydrogen (secondary N) is 1. The van der Waals surface area contributed by atoms with Crippen molar-refractivity contribution >= 4 is 29.3 Å². The number of halogens is 1. The highest BCUT2D eigenvalue weighted by Crippen LogP contribution is 2.24. The van der Waals surface area contributed by atoms with Crippen LogP contribution in [0.25, 0.3) is 11.3 Å². The fourth-order valence-electron chi connectivity index (χ4n) is 3.57. The maximum absolute atomic E-state index is 12.8. The molecule has 2 amide bonds. The predicted octanol–water partition coefficient (Wildman–Crippen LogP) is 4.79. The molecule has 1 saturated heterocycles. The van der Waals surface area contributed by atoms with Crippen LogP contribution in [0.15, 0.2) is 59.1 Å². The Kier molecular flexibility index (Phi) is 5.86. The Bertz CT molecular complexity index is 1040. The van der Waals surface area contributed by atoms with Crippen molar-refractivity contribution in [2.75, 3.05) is 18.4 Å². The monoisotopic (exact) mass is 423 g/mol. The molecular formula is C23H22ClN3O3. The van der Waals surface area contributed by atoms with Gasteiger partial charge in [-0.25, -0.2) is 0 Å². The standard InChI is InChI=1S/C23H22ClN3O3/c1-15-4-6-16(7-5-15)20-13-21(30-26-20)25-22(28)18-3-2-12-27(14-18)23(29)17-8-10-19(24)11-9-17/h4-11,13,18H,2-3,12,14H2,1H3,(H,25,28). The van der Waals surface area contributed by atoms with Crippen LogP contribution in [0, 0.1) is 12.8 Å². The van der Waals surface area contributed by atoms with E-state index in [1.807, 2.05) is 31.2 Å². The molecule has 0 spiro atoms. The molecule has 2 heterocycles. The summed E-state index contributed by atoms with van der Waals surface area (Å²) in [5.74, 6) is -0.264. The number of nitrogens with zero attached hydrogens (tertiary/aromatic N) is 2. The van der Waals surface area contributed by atoms with E-state index in [0.29, 0.717) is 35.3 Å². The number of amides is 2. The molecule has 154 valence electrons. The van der Waals surface area contributed by atoms with Crippen LogP contribution in [0.4, 0.5) is 5.88 Å². The van der Waals surface area contributed by atoms with Gasteiger partial charge < -0.3 is 9.42 Å². The Morgan fingerprint density at radius 3 is 2.60 bits per heavy atom. The van der Waals surface area contributed by atoms with E-state index in [9.17, 15) is 9.59 Å². The highest BCUT2D eigenvalue weighted by atomic mass is 35.5. The lowest BCUT2D eigenvalue weighted by Crippen LogP contribution is -2.43. The molecule has 6 nitrogen and oxygen atoms in total. The summed E-state index contributed by atoms with van der Waals surface area (Å²) in [6, 6.07) is 16.4. The predicted molar refractivity (Wildman–Crippen MR) is 115 cm³/mol. The third-order valence-corrected chi connectivity index (χ3v) is 5.53. The van der Waals surface area contributed by atoms with Crippen LogP contribution in [0.5, 0.6) is 0 Å². The molecule has 0 aliphatic carbocycles. The minimum absolute atomic E-state index is 0.0921. The molecule has 7 heteroatoms. The second-order valence-corrected chi connectivity index (χ2v) is 7.97. The molecular weight excluding hydrogens is 402 g/mol. The SMILES string of the molecule is Cc1ccc(-c2cc(NC(=O)C3CCCN(C(=O)c4ccc(Cl)cc4)C3)on2)cc1. The first-order valence-electron chi connectivity index (χ1n) is 9.89. The molecule has 2 aromatic carbocycles. The Balaban J connectivity index is 1.39. The van der Waals surface area contributed by atoms with Crippen LogP contribution in [0.2, 0.25) is 5.02 Å². The molecule has 1 aromatic heterocycles. The fourth-order valence-corrected chi connectivity index (χ4v) is 3.69. The Morgan fingerprint density at radius 2 is 1.87 bits per heavy atom. The van der Waals surface area contributed by atoms with Crippen molar-refractivity contribution in [1.82, 2.24) is 10.1 Å². The normalized spacial score (nSPS) is 16.3. The molecule has 30 heavy (non-hydrogen) atoms. The maximum atomic E-state index is 12.8. The lowest BCUT2D eigenvalue weighted by molar-refractivity contribution is -0.121. The summed E-state index contributed by atoms with van der Waals surface area (Å²) in [6.07, 6.45) is 1.48. The lowest BCUT2D eigenvalue weighted by atomic mass is 9.96. The molecule has 1 unspecified atom stereocenters. The minimum Gasteiger partial charge on any atom is -0.338 e. The highest BCUT2D eigenvalue weighted by Gasteiger charge is 2.29. The Labute approximate surface area is 179 Å². The molecule has 0 bridgehead atoms. The molecule has 1 aliphatic heterocycles. The van der Waals surface area contributed by atoms with E-state index >= 15 is 0 Å². The summed E-state index contributed by atoms with van der Waals surface area (Å²) >= 11 is 5.90. The van der Waals surface area contributed by atoms with Gasteiger partial charge in [-0.2, -0.15) is 0 Å². The van der Waals surface area contributed by atoms with Crippen LogP contribution in [0.1, 0.15) is 28.8 Å². The molecule has 1 atom stereocenters. The van der Waals surface area contributed by atoms with Gasteiger partial charge in [-0.1, -0.05) is 46.6 Å². The number of carbonyl (C=O) groups excluding carboxylic acids is 2. The number of hydrogen-bond donors (Lipinski definition) is 1. The summed E-state index contributed by atoms with van der Waals surface area (Å²) in [5, 5.41) is 7.42. The molecule has 3 aromatic rings. The van der Waals surface area contributed by atoms with Gasteiger partial charge in [-0.3, -0.25) is 14.9 Å². The first-order chi connectivity index (χ1) is 14.5. The van der Waals surface area contributed by atoms with Crippen molar-refractivity contribution in [3.8, 4) is 11.3 Å². The first-order valence-corrected chi connectivity index (χ1v) is 10.3. The second kappa shape index (κ2) is 8.71. The Hall–Kier alpha value is -3.12. The molecule has 1 aliphatic rings. The van der Waals surface area contributed by atoms with Gasteiger partial charge in [0.15, 0.2) is 0 Å². The quantitative estimate of drug-likeness (QED) is 0.654. The number of benzene rings is 2. The van der Waals surface area contributed by atoms with E-state index in [1.165, 1.54) is 0 Å². The average Bonchev–Trinajstić information content (AvgIpc) is 3.23. The van der Waals surface area contributed by atoms with Gasteiger partial charge in [0.1, 0.15) is 5.69 Å². The number of likely N-dealkylation sites (tertiary alicyclic amines) is 1. The van der Waals surface area contributed by atoms with E-state index < -0.39 is 0 Å². The third kappa shape index (κ3) is 4.54. The highest BCUT2D eigenvalue weighted by molar-refractivity contribution is 6.30. The van der Waals surface area contributed by atoms with E-state index in [2.05, 4.69) is 10.5 Å². The molecule has 1 N–H and O–H groups in total. The molecule has 1 fully saturated rings. The number of piperidine rings is 1. The van der Waals surface area contributed by atoms with Crippen LogP contribution in [0.3, 0.4) is 0 Å². The number of anilines is 1. The van der Waals surface area contributed by atoms with E-state index in [4.69, 9.17) is 16.1 Å². The van der Waals surface area contributed by atoms with Gasteiger partial charge in [0.05, 0.1) is 5.92 Å². The van der Waals surface area contributed by atoms with Gasteiger partial charge >= 0.3 is 0 Å². The number of aromatic nitrogens is 1. The summed E-state index contributed by atoms with van der Waals surface area (Å²) in [6.45, 7) is 3.01. The zero-order valence-electron chi connectivity index (χ0n) is 16.6. The van der Waals surface area contributed by atoms with Gasteiger partial charge in [0.2, 0.25) is 11.8 Å². The smallest absolute Gasteiger partial charge is 0.253 e. The summed E-state index contributed by atoms with van der Waals surface area (Å²) in [7, 11) is 0. The molecule has 0 radical (unpaired) electrons. The number of rotatable bonds is 4. The van der Waals surface area contributed by atoms with E-state index in [0.717, 1.165) is 24.0 Å². The van der Waals surface area contributed by atoms with Crippen LogP contribution < -0.4 is 5.32 Å².